The highest BCUT2D eigenvalue weighted by molar-refractivity contribution is 7.99. The molecule has 1 aromatic heterocycles. The van der Waals surface area contributed by atoms with Crippen molar-refractivity contribution in [1.29, 1.82) is 0 Å². The molecule has 2 unspecified atom stereocenters. The number of carbonyl (C=O) groups excluding carboxylic acids is 2. The van der Waals surface area contributed by atoms with Crippen LogP contribution in [0.2, 0.25) is 0 Å². The first-order valence-corrected chi connectivity index (χ1v) is 7.75. The maximum Gasteiger partial charge on any atom is 0.240 e. The van der Waals surface area contributed by atoms with Gasteiger partial charge in [0.15, 0.2) is 0 Å². The zero-order chi connectivity index (χ0) is 15.0. The standard InChI is InChI=1S/C14H21N3O2S/c1-3-10(2)13(14(15)19)17-12(18)9-20-8-11-4-6-16-7-5-11/h4-7,10,13H,3,8-9H2,1-2H3,(H2,15,19)(H,17,18). The number of amides is 2. The zero-order valence-electron chi connectivity index (χ0n) is 11.8. The molecule has 0 aromatic carbocycles. The summed E-state index contributed by atoms with van der Waals surface area (Å²) in [6, 6.07) is 3.24. The molecule has 0 aliphatic rings. The summed E-state index contributed by atoms with van der Waals surface area (Å²) in [6.45, 7) is 3.87. The van der Waals surface area contributed by atoms with Gasteiger partial charge >= 0.3 is 0 Å². The molecule has 2 amide bonds. The summed E-state index contributed by atoms with van der Waals surface area (Å²) in [5, 5.41) is 2.71. The molecule has 0 saturated heterocycles. The molecule has 0 aliphatic carbocycles. The van der Waals surface area contributed by atoms with Gasteiger partial charge in [-0.15, -0.1) is 11.8 Å². The van der Waals surface area contributed by atoms with Crippen LogP contribution in [0.3, 0.4) is 0 Å². The molecule has 2 atom stereocenters. The van der Waals surface area contributed by atoms with Crippen LogP contribution < -0.4 is 11.1 Å². The summed E-state index contributed by atoms with van der Waals surface area (Å²) in [5.74, 6) is 0.449. The molecule has 3 N–H and O–H groups in total. The van der Waals surface area contributed by atoms with Crippen LogP contribution in [0.4, 0.5) is 0 Å². The molecule has 1 rings (SSSR count). The van der Waals surface area contributed by atoms with Gasteiger partial charge in [-0.25, -0.2) is 0 Å². The molecule has 0 saturated carbocycles. The lowest BCUT2D eigenvalue weighted by Crippen LogP contribution is -2.48. The molecule has 6 heteroatoms. The van der Waals surface area contributed by atoms with Crippen molar-refractivity contribution in [2.45, 2.75) is 32.1 Å². The van der Waals surface area contributed by atoms with Crippen LogP contribution in [0.1, 0.15) is 25.8 Å². The SMILES string of the molecule is CCC(C)C(NC(=O)CSCc1ccncc1)C(N)=O. The van der Waals surface area contributed by atoms with Crippen molar-refractivity contribution < 1.29 is 9.59 Å². The fraction of sp³-hybridized carbons (Fsp3) is 0.500. The molecule has 1 aromatic rings. The van der Waals surface area contributed by atoms with Gasteiger partial charge in [0.05, 0.1) is 5.75 Å². The minimum atomic E-state index is -0.589. The first kappa shape index (κ1) is 16.5. The average Bonchev–Trinajstić information content (AvgIpc) is 2.45. The van der Waals surface area contributed by atoms with Gasteiger partial charge in [-0.3, -0.25) is 14.6 Å². The van der Waals surface area contributed by atoms with E-state index < -0.39 is 11.9 Å². The van der Waals surface area contributed by atoms with Crippen LogP contribution in [0.5, 0.6) is 0 Å². The lowest BCUT2D eigenvalue weighted by atomic mass is 9.99. The monoisotopic (exact) mass is 295 g/mol. The lowest BCUT2D eigenvalue weighted by Gasteiger charge is -2.20. The quantitative estimate of drug-likeness (QED) is 0.757. The minimum absolute atomic E-state index is 0.0432. The van der Waals surface area contributed by atoms with E-state index in [2.05, 4.69) is 10.3 Å². The number of thioether (sulfide) groups is 1. The van der Waals surface area contributed by atoms with Crippen molar-refractivity contribution in [3.63, 3.8) is 0 Å². The second kappa shape index (κ2) is 8.58. The zero-order valence-corrected chi connectivity index (χ0v) is 12.7. The molecule has 0 fully saturated rings. The minimum Gasteiger partial charge on any atom is -0.368 e. The summed E-state index contributed by atoms with van der Waals surface area (Å²) < 4.78 is 0. The van der Waals surface area contributed by atoms with Crippen molar-refractivity contribution in [1.82, 2.24) is 10.3 Å². The normalized spacial score (nSPS) is 13.5. The van der Waals surface area contributed by atoms with Crippen LogP contribution in [0.15, 0.2) is 24.5 Å². The van der Waals surface area contributed by atoms with Crippen molar-refractivity contribution in [3.05, 3.63) is 30.1 Å². The Morgan fingerprint density at radius 3 is 2.60 bits per heavy atom. The Labute approximate surface area is 123 Å². The van der Waals surface area contributed by atoms with E-state index in [4.69, 9.17) is 5.73 Å². The number of pyridine rings is 1. The number of rotatable bonds is 8. The van der Waals surface area contributed by atoms with E-state index in [1.807, 2.05) is 26.0 Å². The van der Waals surface area contributed by atoms with E-state index in [1.54, 1.807) is 12.4 Å². The Morgan fingerprint density at radius 2 is 2.05 bits per heavy atom. The molecule has 0 spiro atoms. The Hall–Kier alpha value is -1.56. The Morgan fingerprint density at radius 1 is 1.40 bits per heavy atom. The number of nitrogens with two attached hydrogens (primary N) is 1. The fourth-order valence-corrected chi connectivity index (χ4v) is 2.48. The van der Waals surface area contributed by atoms with E-state index in [0.717, 1.165) is 17.7 Å². The smallest absolute Gasteiger partial charge is 0.240 e. The largest absolute Gasteiger partial charge is 0.368 e. The Bertz CT molecular complexity index is 439. The number of hydrogen-bond acceptors (Lipinski definition) is 4. The third-order valence-corrected chi connectivity index (χ3v) is 4.09. The van der Waals surface area contributed by atoms with Gasteiger partial charge in [0.25, 0.3) is 0 Å². The third kappa shape index (κ3) is 5.61. The number of hydrogen-bond donors (Lipinski definition) is 2. The number of carbonyl (C=O) groups is 2. The number of nitrogens with zero attached hydrogens (tertiary/aromatic N) is 1. The van der Waals surface area contributed by atoms with E-state index in [-0.39, 0.29) is 11.8 Å². The van der Waals surface area contributed by atoms with Crippen LogP contribution in [-0.2, 0) is 15.3 Å². The van der Waals surface area contributed by atoms with Crippen molar-refractivity contribution in [2.24, 2.45) is 11.7 Å². The van der Waals surface area contributed by atoms with E-state index in [9.17, 15) is 9.59 Å². The fourth-order valence-electron chi connectivity index (χ4n) is 1.69. The molecule has 0 aliphatic heterocycles. The molecule has 1 heterocycles. The van der Waals surface area contributed by atoms with Gasteiger partial charge < -0.3 is 11.1 Å². The lowest BCUT2D eigenvalue weighted by molar-refractivity contribution is -0.127. The van der Waals surface area contributed by atoms with Gasteiger partial charge in [0.1, 0.15) is 6.04 Å². The van der Waals surface area contributed by atoms with Crippen LogP contribution in [0, 0.1) is 5.92 Å². The van der Waals surface area contributed by atoms with Gasteiger partial charge in [0, 0.05) is 18.1 Å². The highest BCUT2D eigenvalue weighted by Crippen LogP contribution is 2.12. The Balaban J connectivity index is 2.37. The highest BCUT2D eigenvalue weighted by Gasteiger charge is 2.23. The summed E-state index contributed by atoms with van der Waals surface area (Å²) >= 11 is 1.50. The summed E-state index contributed by atoms with van der Waals surface area (Å²) in [6.07, 6.45) is 4.24. The molecule has 0 bridgehead atoms. The molecule has 110 valence electrons. The second-order valence-corrected chi connectivity index (χ2v) is 5.67. The second-order valence-electron chi connectivity index (χ2n) is 4.68. The number of primary amides is 1. The number of aromatic nitrogens is 1. The Kier molecular flexibility index (Phi) is 7.08. The first-order valence-electron chi connectivity index (χ1n) is 6.60. The van der Waals surface area contributed by atoms with E-state index in [0.29, 0.717) is 5.75 Å². The van der Waals surface area contributed by atoms with Crippen molar-refractivity contribution in [2.75, 3.05) is 5.75 Å². The van der Waals surface area contributed by atoms with Gasteiger partial charge in [-0.2, -0.15) is 0 Å². The topological polar surface area (TPSA) is 85.1 Å². The first-order chi connectivity index (χ1) is 9.54. The van der Waals surface area contributed by atoms with Gasteiger partial charge in [-0.05, 0) is 23.6 Å². The predicted octanol–water partition coefficient (Wildman–Crippen LogP) is 1.33. The summed E-state index contributed by atoms with van der Waals surface area (Å²) in [5.41, 5.74) is 6.43. The maximum atomic E-state index is 11.8. The summed E-state index contributed by atoms with van der Waals surface area (Å²) in [4.78, 5) is 27.1. The van der Waals surface area contributed by atoms with Crippen molar-refractivity contribution in [3.8, 4) is 0 Å². The maximum absolute atomic E-state index is 11.8. The van der Waals surface area contributed by atoms with Gasteiger partial charge in [-0.1, -0.05) is 20.3 Å². The molecule has 20 heavy (non-hydrogen) atoms. The third-order valence-electron chi connectivity index (χ3n) is 3.09. The van der Waals surface area contributed by atoms with Crippen LogP contribution in [-0.4, -0.2) is 28.6 Å². The van der Waals surface area contributed by atoms with Crippen molar-refractivity contribution >= 4 is 23.6 Å². The molecule has 0 radical (unpaired) electrons. The van der Waals surface area contributed by atoms with Crippen LogP contribution >= 0.6 is 11.8 Å². The predicted molar refractivity (Wildman–Crippen MR) is 81.0 cm³/mol. The molecular weight excluding hydrogens is 274 g/mol. The molecular formula is C14H21N3O2S. The van der Waals surface area contributed by atoms with Crippen LogP contribution in [0.25, 0.3) is 0 Å². The molecule has 5 nitrogen and oxygen atoms in total. The summed E-state index contributed by atoms with van der Waals surface area (Å²) in [7, 11) is 0. The highest BCUT2D eigenvalue weighted by atomic mass is 32.2. The van der Waals surface area contributed by atoms with Gasteiger partial charge in [0.2, 0.25) is 11.8 Å². The van der Waals surface area contributed by atoms with E-state index >= 15 is 0 Å². The average molecular weight is 295 g/mol. The van der Waals surface area contributed by atoms with E-state index in [1.165, 1.54) is 11.8 Å². The number of nitrogens with one attached hydrogen (secondary N) is 1.